The third-order valence-corrected chi connectivity index (χ3v) is 8.37. The fraction of sp³-hybridized carbons (Fsp3) is 1.00. The average Bonchev–Trinajstić information content (AvgIpc) is 3.12. The van der Waals surface area contributed by atoms with E-state index < -0.39 is 7.59 Å². The molecule has 0 spiro atoms. The monoisotopic (exact) mass is 257 g/mol. The Morgan fingerprint density at radius 3 is 1.47 bits per heavy atom. The first kappa shape index (κ1) is 12.2. The largest absolute Gasteiger partial charge is 0.288 e. The minimum atomic E-state index is -2.41. The Hall–Kier alpha value is 0.110. The van der Waals surface area contributed by atoms with Crippen molar-refractivity contribution in [2.24, 2.45) is 0 Å². The van der Waals surface area contributed by atoms with Crippen molar-refractivity contribution in [2.75, 3.05) is 13.1 Å². The van der Waals surface area contributed by atoms with E-state index in [-0.39, 0.29) is 0 Å². The van der Waals surface area contributed by atoms with Gasteiger partial charge in [-0.2, -0.15) is 0 Å². The van der Waals surface area contributed by atoms with Crippen molar-refractivity contribution in [3.05, 3.63) is 0 Å². The standard InChI is InChI=1S/C12H24N3OP/c1-9-5-6-10(2)15(9)17(16,13-7-11(13)3)14-8-12(14)4/h9-12H,5-8H2,1-4H3/t9-,10+,11-,12+,13?,14?,17?. The summed E-state index contributed by atoms with van der Waals surface area (Å²) in [5.41, 5.74) is 0. The second kappa shape index (κ2) is 3.80. The van der Waals surface area contributed by atoms with Crippen LogP contribution in [0.15, 0.2) is 0 Å². The van der Waals surface area contributed by atoms with Crippen molar-refractivity contribution < 1.29 is 4.57 Å². The van der Waals surface area contributed by atoms with Crippen LogP contribution in [0.25, 0.3) is 0 Å². The molecule has 3 aliphatic heterocycles. The highest BCUT2D eigenvalue weighted by molar-refractivity contribution is 7.57. The topological polar surface area (TPSA) is 26.3 Å². The minimum Gasteiger partial charge on any atom is -0.270 e. The molecule has 5 heteroatoms. The van der Waals surface area contributed by atoms with Crippen molar-refractivity contribution in [3.63, 3.8) is 0 Å². The SMILES string of the molecule is C[C@@H]1CN1P(=O)(N1C[C@@H]1C)N1[C@H](C)CC[C@@H]1C. The van der Waals surface area contributed by atoms with Crippen molar-refractivity contribution in [1.82, 2.24) is 14.0 Å². The summed E-state index contributed by atoms with van der Waals surface area (Å²) in [4.78, 5) is 0. The molecule has 98 valence electrons. The molecule has 7 atom stereocenters. The zero-order valence-electron chi connectivity index (χ0n) is 11.3. The molecule has 4 nitrogen and oxygen atoms in total. The van der Waals surface area contributed by atoms with E-state index in [2.05, 4.69) is 41.7 Å². The second-order valence-electron chi connectivity index (χ2n) is 6.11. The third-order valence-electron chi connectivity index (χ3n) is 4.53. The highest BCUT2D eigenvalue weighted by Crippen LogP contribution is 2.68. The van der Waals surface area contributed by atoms with Crippen molar-refractivity contribution in [1.29, 1.82) is 0 Å². The summed E-state index contributed by atoms with van der Waals surface area (Å²) in [7, 11) is -2.41. The normalized spacial score (nSPS) is 53.4. The lowest BCUT2D eigenvalue weighted by molar-refractivity contribution is 0.308. The Labute approximate surface area is 104 Å². The average molecular weight is 257 g/mol. The van der Waals surface area contributed by atoms with Gasteiger partial charge in [0, 0.05) is 37.3 Å². The maximum absolute atomic E-state index is 13.6. The summed E-state index contributed by atoms with van der Waals surface area (Å²) in [6.45, 7) is 10.9. The Balaban J connectivity index is 1.91. The molecule has 0 aromatic rings. The first-order chi connectivity index (χ1) is 7.96. The van der Waals surface area contributed by atoms with Crippen LogP contribution >= 0.6 is 7.59 Å². The molecule has 3 aliphatic rings. The van der Waals surface area contributed by atoms with Gasteiger partial charge in [0.25, 0.3) is 7.59 Å². The van der Waals surface area contributed by atoms with Crippen LogP contribution in [0.5, 0.6) is 0 Å². The van der Waals surface area contributed by atoms with Gasteiger partial charge in [-0.25, -0.2) is 14.0 Å². The van der Waals surface area contributed by atoms with Gasteiger partial charge >= 0.3 is 0 Å². The molecule has 0 aromatic carbocycles. The minimum absolute atomic E-state index is 0.469. The number of hydrogen-bond donors (Lipinski definition) is 0. The molecule has 0 aromatic heterocycles. The fourth-order valence-electron chi connectivity index (χ4n) is 3.28. The van der Waals surface area contributed by atoms with E-state index in [0.29, 0.717) is 24.2 Å². The maximum Gasteiger partial charge on any atom is 0.288 e. The van der Waals surface area contributed by atoms with Crippen molar-refractivity contribution >= 4 is 7.59 Å². The van der Waals surface area contributed by atoms with Gasteiger partial charge < -0.3 is 0 Å². The first-order valence-electron chi connectivity index (χ1n) is 6.89. The molecule has 3 heterocycles. The molecule has 0 N–H and O–H groups in total. The highest BCUT2D eigenvalue weighted by Gasteiger charge is 2.60. The lowest BCUT2D eigenvalue weighted by Gasteiger charge is -2.36. The summed E-state index contributed by atoms with van der Waals surface area (Å²) in [5, 5.41) is 0. The van der Waals surface area contributed by atoms with E-state index in [1.54, 1.807) is 0 Å². The van der Waals surface area contributed by atoms with E-state index >= 15 is 0 Å². The molecule has 3 unspecified atom stereocenters. The molecule has 3 fully saturated rings. The van der Waals surface area contributed by atoms with Crippen LogP contribution in [0.2, 0.25) is 0 Å². The molecule has 0 bridgehead atoms. The molecule has 0 radical (unpaired) electrons. The summed E-state index contributed by atoms with van der Waals surface area (Å²) < 4.78 is 20.4. The zero-order chi connectivity index (χ0) is 12.4. The van der Waals surface area contributed by atoms with Gasteiger partial charge in [-0.3, -0.25) is 4.57 Å². The molecule has 3 saturated heterocycles. The molecule has 3 rings (SSSR count). The smallest absolute Gasteiger partial charge is 0.270 e. The Bertz CT molecular complexity index is 345. The van der Waals surface area contributed by atoms with Crippen LogP contribution < -0.4 is 0 Å². The summed E-state index contributed by atoms with van der Waals surface area (Å²) in [6.07, 6.45) is 2.38. The third kappa shape index (κ3) is 1.73. The van der Waals surface area contributed by atoms with Crippen LogP contribution in [-0.4, -0.2) is 51.3 Å². The predicted molar refractivity (Wildman–Crippen MR) is 69.9 cm³/mol. The fourth-order valence-corrected chi connectivity index (χ4v) is 7.29. The Morgan fingerprint density at radius 1 is 0.824 bits per heavy atom. The van der Waals surface area contributed by atoms with Crippen LogP contribution in [0.3, 0.4) is 0 Å². The zero-order valence-corrected chi connectivity index (χ0v) is 12.2. The lowest BCUT2D eigenvalue weighted by Crippen LogP contribution is -2.35. The van der Waals surface area contributed by atoms with E-state index in [1.165, 1.54) is 12.8 Å². The van der Waals surface area contributed by atoms with Gasteiger partial charge in [0.15, 0.2) is 0 Å². The summed E-state index contributed by atoms with van der Waals surface area (Å²) >= 11 is 0. The van der Waals surface area contributed by atoms with Gasteiger partial charge in [-0.15, -0.1) is 0 Å². The lowest BCUT2D eigenvalue weighted by atomic mass is 10.2. The number of nitrogens with zero attached hydrogens (tertiary/aromatic N) is 3. The highest BCUT2D eigenvalue weighted by atomic mass is 31.2. The van der Waals surface area contributed by atoms with Gasteiger partial charge in [0.2, 0.25) is 0 Å². The van der Waals surface area contributed by atoms with Crippen LogP contribution in [0.1, 0.15) is 40.5 Å². The quantitative estimate of drug-likeness (QED) is 0.573. The first-order valence-corrected chi connectivity index (χ1v) is 8.46. The van der Waals surface area contributed by atoms with Crippen LogP contribution in [0.4, 0.5) is 0 Å². The molecule has 17 heavy (non-hydrogen) atoms. The Morgan fingerprint density at radius 2 is 1.18 bits per heavy atom. The van der Waals surface area contributed by atoms with Crippen LogP contribution in [0, 0.1) is 0 Å². The van der Waals surface area contributed by atoms with E-state index in [4.69, 9.17) is 0 Å². The van der Waals surface area contributed by atoms with Crippen molar-refractivity contribution in [2.45, 2.75) is 64.7 Å². The molecule has 0 amide bonds. The number of rotatable bonds is 3. The van der Waals surface area contributed by atoms with Gasteiger partial charge in [-0.05, 0) is 40.5 Å². The van der Waals surface area contributed by atoms with Gasteiger partial charge in [0.05, 0.1) is 0 Å². The van der Waals surface area contributed by atoms with Crippen LogP contribution in [-0.2, 0) is 4.57 Å². The molecular formula is C12H24N3OP. The number of hydrogen-bond acceptors (Lipinski definition) is 1. The summed E-state index contributed by atoms with van der Waals surface area (Å²) in [6, 6.07) is 1.95. The predicted octanol–water partition coefficient (Wildman–Crippen LogP) is 2.38. The van der Waals surface area contributed by atoms with Gasteiger partial charge in [0.1, 0.15) is 0 Å². The van der Waals surface area contributed by atoms with Crippen molar-refractivity contribution in [3.8, 4) is 0 Å². The second-order valence-corrected chi connectivity index (χ2v) is 8.63. The maximum atomic E-state index is 13.6. The van der Waals surface area contributed by atoms with E-state index in [9.17, 15) is 4.57 Å². The van der Waals surface area contributed by atoms with E-state index in [0.717, 1.165) is 13.1 Å². The van der Waals surface area contributed by atoms with E-state index in [1.807, 2.05) is 0 Å². The Kier molecular flexibility index (Phi) is 2.72. The molecular weight excluding hydrogens is 233 g/mol. The van der Waals surface area contributed by atoms with Gasteiger partial charge in [-0.1, -0.05) is 0 Å². The molecule has 0 saturated carbocycles. The summed E-state index contributed by atoms with van der Waals surface area (Å²) in [5.74, 6) is 0. The molecule has 0 aliphatic carbocycles.